The predicted molar refractivity (Wildman–Crippen MR) is 74.2 cm³/mol. The molecular formula is C14H13F2N3O2. The van der Waals surface area contributed by atoms with Gasteiger partial charge >= 0.3 is 5.69 Å². The van der Waals surface area contributed by atoms with Crippen LogP contribution in [-0.4, -0.2) is 16.5 Å². The van der Waals surface area contributed by atoms with Gasteiger partial charge in [0.25, 0.3) is 0 Å². The Labute approximate surface area is 119 Å². The van der Waals surface area contributed by atoms with Crippen LogP contribution < -0.4 is 5.32 Å². The second-order valence-corrected chi connectivity index (χ2v) is 4.59. The number of nitro groups is 1. The summed E-state index contributed by atoms with van der Waals surface area (Å²) in [5.74, 6) is -1.16. The van der Waals surface area contributed by atoms with E-state index in [9.17, 15) is 18.9 Å². The topological polar surface area (TPSA) is 68.1 Å². The number of aryl methyl sites for hydroxylation is 1. The molecule has 21 heavy (non-hydrogen) atoms. The van der Waals surface area contributed by atoms with Crippen LogP contribution in [-0.2, 0) is 6.42 Å². The molecule has 2 aromatic rings. The smallest absolute Gasteiger partial charge is 0.311 e. The van der Waals surface area contributed by atoms with Gasteiger partial charge in [-0.05, 0) is 36.6 Å². The highest BCUT2D eigenvalue weighted by Gasteiger charge is 2.14. The summed E-state index contributed by atoms with van der Waals surface area (Å²) in [5.41, 5.74) is 1.02. The highest BCUT2D eigenvalue weighted by atomic mass is 19.1. The molecule has 0 bridgehead atoms. The molecule has 1 aromatic carbocycles. The lowest BCUT2D eigenvalue weighted by molar-refractivity contribution is -0.384. The van der Waals surface area contributed by atoms with Crippen LogP contribution in [0.3, 0.4) is 0 Å². The largest absolute Gasteiger partial charge is 0.364 e. The van der Waals surface area contributed by atoms with Crippen LogP contribution in [0.15, 0.2) is 30.5 Å². The SMILES string of the molecule is Cc1cnc(NCCc2cc(F)cc(F)c2)c([N+](=O)[O-])c1. The zero-order valence-electron chi connectivity index (χ0n) is 11.3. The highest BCUT2D eigenvalue weighted by molar-refractivity contribution is 5.56. The van der Waals surface area contributed by atoms with Gasteiger partial charge < -0.3 is 5.32 Å². The van der Waals surface area contributed by atoms with Gasteiger partial charge in [0.1, 0.15) is 11.6 Å². The molecule has 0 aliphatic rings. The van der Waals surface area contributed by atoms with Gasteiger partial charge in [-0.25, -0.2) is 13.8 Å². The summed E-state index contributed by atoms with van der Waals surface area (Å²) in [6, 6.07) is 4.66. The molecule has 1 aromatic heterocycles. The number of hydrogen-bond acceptors (Lipinski definition) is 4. The van der Waals surface area contributed by atoms with Crippen molar-refractivity contribution in [3.05, 3.63) is 63.3 Å². The third-order valence-corrected chi connectivity index (χ3v) is 2.83. The van der Waals surface area contributed by atoms with Crippen molar-refractivity contribution in [1.82, 2.24) is 4.98 Å². The van der Waals surface area contributed by atoms with E-state index >= 15 is 0 Å². The summed E-state index contributed by atoms with van der Waals surface area (Å²) in [5, 5.41) is 13.7. The normalized spacial score (nSPS) is 10.4. The first-order valence-corrected chi connectivity index (χ1v) is 6.25. The van der Waals surface area contributed by atoms with Crippen molar-refractivity contribution in [2.75, 3.05) is 11.9 Å². The molecule has 1 heterocycles. The Hall–Kier alpha value is -2.57. The van der Waals surface area contributed by atoms with Gasteiger partial charge in [0, 0.05) is 24.9 Å². The monoisotopic (exact) mass is 293 g/mol. The van der Waals surface area contributed by atoms with Crippen LogP contribution in [0.25, 0.3) is 0 Å². The molecule has 0 unspecified atom stereocenters. The molecule has 0 aliphatic heterocycles. The van der Waals surface area contributed by atoms with Gasteiger partial charge in [0.2, 0.25) is 5.82 Å². The first-order valence-electron chi connectivity index (χ1n) is 6.25. The number of aromatic nitrogens is 1. The van der Waals surface area contributed by atoms with Crippen LogP contribution in [0.4, 0.5) is 20.3 Å². The Balaban J connectivity index is 2.05. The van der Waals surface area contributed by atoms with Crippen LogP contribution in [0.1, 0.15) is 11.1 Å². The summed E-state index contributed by atoms with van der Waals surface area (Å²) < 4.78 is 26.1. The van der Waals surface area contributed by atoms with Crippen LogP contribution in [0, 0.1) is 28.7 Å². The first-order chi connectivity index (χ1) is 9.95. The minimum atomic E-state index is -0.649. The van der Waals surface area contributed by atoms with E-state index in [0.717, 1.165) is 6.07 Å². The Morgan fingerprint density at radius 2 is 1.90 bits per heavy atom. The molecule has 2 rings (SSSR count). The van der Waals surface area contributed by atoms with E-state index in [4.69, 9.17) is 0 Å². The second-order valence-electron chi connectivity index (χ2n) is 4.59. The lowest BCUT2D eigenvalue weighted by Gasteiger charge is -2.07. The van der Waals surface area contributed by atoms with E-state index in [1.165, 1.54) is 24.4 Å². The van der Waals surface area contributed by atoms with Crippen LogP contribution >= 0.6 is 0 Å². The summed E-state index contributed by atoms with van der Waals surface area (Å²) in [6.07, 6.45) is 1.83. The summed E-state index contributed by atoms with van der Waals surface area (Å²) in [4.78, 5) is 14.4. The number of nitrogens with one attached hydrogen (secondary N) is 1. The summed E-state index contributed by atoms with van der Waals surface area (Å²) in [7, 11) is 0. The summed E-state index contributed by atoms with van der Waals surface area (Å²) >= 11 is 0. The Morgan fingerprint density at radius 1 is 1.24 bits per heavy atom. The fourth-order valence-corrected chi connectivity index (χ4v) is 1.91. The maximum Gasteiger partial charge on any atom is 0.311 e. The lowest BCUT2D eigenvalue weighted by Crippen LogP contribution is -2.09. The van der Waals surface area contributed by atoms with Crippen molar-refractivity contribution in [2.24, 2.45) is 0 Å². The molecule has 0 fully saturated rings. The number of hydrogen-bond donors (Lipinski definition) is 1. The Bertz CT molecular complexity index is 657. The molecule has 0 spiro atoms. The number of nitrogens with zero attached hydrogens (tertiary/aromatic N) is 2. The molecule has 0 saturated carbocycles. The van der Waals surface area contributed by atoms with E-state index in [0.29, 0.717) is 17.5 Å². The maximum atomic E-state index is 13.0. The van der Waals surface area contributed by atoms with Gasteiger partial charge in [-0.1, -0.05) is 0 Å². The van der Waals surface area contributed by atoms with Crippen molar-refractivity contribution < 1.29 is 13.7 Å². The zero-order valence-corrected chi connectivity index (χ0v) is 11.3. The van der Waals surface area contributed by atoms with Crippen LogP contribution in [0.5, 0.6) is 0 Å². The minimum Gasteiger partial charge on any atom is -0.364 e. The van der Waals surface area contributed by atoms with Gasteiger partial charge in [-0.3, -0.25) is 10.1 Å². The number of pyridine rings is 1. The van der Waals surface area contributed by atoms with E-state index in [2.05, 4.69) is 10.3 Å². The molecule has 1 N–H and O–H groups in total. The molecule has 5 nitrogen and oxygen atoms in total. The van der Waals surface area contributed by atoms with Crippen LogP contribution in [0.2, 0.25) is 0 Å². The van der Waals surface area contributed by atoms with Gasteiger partial charge in [0.15, 0.2) is 0 Å². The quantitative estimate of drug-likeness (QED) is 0.679. The number of anilines is 1. The average Bonchev–Trinajstić information content (AvgIpc) is 2.39. The molecule has 7 heteroatoms. The average molecular weight is 293 g/mol. The fourth-order valence-electron chi connectivity index (χ4n) is 1.91. The van der Waals surface area contributed by atoms with Crippen molar-refractivity contribution in [3.63, 3.8) is 0 Å². The highest BCUT2D eigenvalue weighted by Crippen LogP contribution is 2.22. The molecule has 0 amide bonds. The molecule has 0 radical (unpaired) electrons. The predicted octanol–water partition coefficient (Wildman–Crippen LogP) is 3.23. The lowest BCUT2D eigenvalue weighted by atomic mass is 10.1. The third-order valence-electron chi connectivity index (χ3n) is 2.83. The molecule has 110 valence electrons. The summed E-state index contributed by atoms with van der Waals surface area (Å²) in [6.45, 7) is 1.99. The van der Waals surface area contributed by atoms with E-state index in [1.807, 2.05) is 0 Å². The third kappa shape index (κ3) is 3.95. The molecular weight excluding hydrogens is 280 g/mol. The Kier molecular flexibility index (Phi) is 4.42. The van der Waals surface area contributed by atoms with Crippen molar-refractivity contribution in [1.29, 1.82) is 0 Å². The first kappa shape index (κ1) is 14.8. The molecule has 0 saturated heterocycles. The zero-order chi connectivity index (χ0) is 15.4. The maximum absolute atomic E-state index is 13.0. The van der Waals surface area contributed by atoms with Crippen molar-refractivity contribution in [3.8, 4) is 0 Å². The van der Waals surface area contributed by atoms with Gasteiger partial charge in [0.05, 0.1) is 4.92 Å². The minimum absolute atomic E-state index is 0.125. The molecule has 0 atom stereocenters. The number of benzene rings is 1. The fraction of sp³-hybridized carbons (Fsp3) is 0.214. The van der Waals surface area contributed by atoms with E-state index in [-0.39, 0.29) is 18.1 Å². The standard InChI is InChI=1S/C14H13F2N3O2/c1-9-4-13(19(20)21)14(18-8-9)17-3-2-10-5-11(15)7-12(16)6-10/h4-8H,2-3H2,1H3,(H,17,18). The van der Waals surface area contributed by atoms with E-state index in [1.54, 1.807) is 6.92 Å². The van der Waals surface area contributed by atoms with Gasteiger partial charge in [-0.15, -0.1) is 0 Å². The molecule has 0 aliphatic carbocycles. The Morgan fingerprint density at radius 3 is 2.52 bits per heavy atom. The second kappa shape index (κ2) is 6.25. The number of halogens is 2. The number of rotatable bonds is 5. The van der Waals surface area contributed by atoms with Crippen molar-refractivity contribution in [2.45, 2.75) is 13.3 Å². The van der Waals surface area contributed by atoms with Crippen molar-refractivity contribution >= 4 is 11.5 Å². The van der Waals surface area contributed by atoms with Gasteiger partial charge in [-0.2, -0.15) is 0 Å². The van der Waals surface area contributed by atoms with E-state index < -0.39 is 16.6 Å².